The van der Waals surface area contributed by atoms with E-state index in [1.165, 1.54) is 0 Å². The van der Waals surface area contributed by atoms with Gasteiger partial charge in [-0.3, -0.25) is 9.59 Å². The molecule has 118 valence electrons. The average molecular weight is 320 g/mol. The van der Waals surface area contributed by atoms with Crippen LogP contribution in [0.1, 0.15) is 34.6 Å². The van der Waals surface area contributed by atoms with Crippen LogP contribution in [-0.2, 0) is 9.59 Å². The highest BCUT2D eigenvalue weighted by Crippen LogP contribution is 2.42. The minimum Gasteiger partial charge on any atom is -0.353 e. The number of nitriles is 2. The maximum Gasteiger partial charge on any atom is 0.243 e. The molecule has 2 atom stereocenters. The molecule has 0 fully saturated rings. The molecule has 1 aliphatic heterocycles. The summed E-state index contributed by atoms with van der Waals surface area (Å²) >= 11 is 1.13. The van der Waals surface area contributed by atoms with Crippen molar-refractivity contribution in [1.82, 2.24) is 10.6 Å². The van der Waals surface area contributed by atoms with Crippen LogP contribution in [0, 0.1) is 34.0 Å². The summed E-state index contributed by atoms with van der Waals surface area (Å²) in [5.74, 6) is -1.53. The number of hydrogen-bond donors (Lipinski definition) is 2. The largest absolute Gasteiger partial charge is 0.353 e. The maximum absolute atomic E-state index is 12.1. The summed E-state index contributed by atoms with van der Waals surface area (Å²) in [4.78, 5) is 24.0. The van der Waals surface area contributed by atoms with Crippen molar-refractivity contribution in [3.05, 3.63) is 10.6 Å². The molecule has 0 unspecified atom stereocenters. The molecule has 1 heterocycles. The molecule has 0 aliphatic carbocycles. The number of allylic oxidation sites excluding steroid dienone is 1. The van der Waals surface area contributed by atoms with Crippen LogP contribution < -0.4 is 10.6 Å². The van der Waals surface area contributed by atoms with E-state index in [9.17, 15) is 14.9 Å². The van der Waals surface area contributed by atoms with Gasteiger partial charge in [-0.05, 0) is 20.8 Å². The second kappa shape index (κ2) is 6.85. The van der Waals surface area contributed by atoms with E-state index in [2.05, 4.69) is 16.7 Å². The highest BCUT2D eigenvalue weighted by molar-refractivity contribution is 8.04. The fourth-order valence-electron chi connectivity index (χ4n) is 2.15. The zero-order valence-corrected chi connectivity index (χ0v) is 14.2. The Balaban J connectivity index is 3.09. The standard InChI is InChI=1S/C15H20N4O2S/c1-8(2)18-12(20)9(3)22-14-11(7-17)15(4,5)10(6-16)13(21)19-14/h8-10H,1-5H3,(H,18,20)(H,19,21)/t9-,10+/m0/s1. The summed E-state index contributed by atoms with van der Waals surface area (Å²) in [5, 5.41) is 23.8. The van der Waals surface area contributed by atoms with Crippen LogP contribution in [0.25, 0.3) is 0 Å². The molecule has 0 aromatic rings. The van der Waals surface area contributed by atoms with Crippen molar-refractivity contribution in [1.29, 1.82) is 10.5 Å². The predicted octanol–water partition coefficient (Wildman–Crippen LogP) is 1.66. The summed E-state index contributed by atoms with van der Waals surface area (Å²) < 4.78 is 0. The van der Waals surface area contributed by atoms with Gasteiger partial charge in [0.15, 0.2) is 0 Å². The third-order valence-electron chi connectivity index (χ3n) is 3.43. The normalized spacial score (nSPS) is 21.6. The number of nitrogens with zero attached hydrogens (tertiary/aromatic N) is 2. The molecule has 1 rings (SSSR count). The summed E-state index contributed by atoms with van der Waals surface area (Å²) in [5.41, 5.74) is -0.560. The fraction of sp³-hybridized carbons (Fsp3) is 0.600. The smallest absolute Gasteiger partial charge is 0.243 e. The molecule has 22 heavy (non-hydrogen) atoms. The van der Waals surface area contributed by atoms with Gasteiger partial charge in [0.1, 0.15) is 5.92 Å². The van der Waals surface area contributed by atoms with Gasteiger partial charge in [-0.2, -0.15) is 10.5 Å². The van der Waals surface area contributed by atoms with E-state index >= 15 is 0 Å². The van der Waals surface area contributed by atoms with Crippen molar-refractivity contribution in [2.24, 2.45) is 11.3 Å². The molecule has 2 N–H and O–H groups in total. The van der Waals surface area contributed by atoms with Gasteiger partial charge in [0.05, 0.1) is 28.0 Å². The minimum atomic E-state index is -0.925. The number of amides is 2. The van der Waals surface area contributed by atoms with E-state index < -0.39 is 22.5 Å². The summed E-state index contributed by atoms with van der Waals surface area (Å²) in [7, 11) is 0. The molecule has 0 aromatic heterocycles. The first-order valence-electron chi connectivity index (χ1n) is 6.97. The van der Waals surface area contributed by atoms with E-state index in [1.54, 1.807) is 20.8 Å². The van der Waals surface area contributed by atoms with Crippen LogP contribution in [0.5, 0.6) is 0 Å². The zero-order valence-electron chi connectivity index (χ0n) is 13.4. The maximum atomic E-state index is 12.1. The van der Waals surface area contributed by atoms with Crippen LogP contribution in [0.4, 0.5) is 0 Å². The second-order valence-electron chi connectivity index (χ2n) is 6.01. The predicted molar refractivity (Wildman–Crippen MR) is 84.0 cm³/mol. The highest BCUT2D eigenvalue weighted by atomic mass is 32.2. The molecule has 1 aliphatic rings. The topological polar surface area (TPSA) is 106 Å². The Kier molecular flexibility index (Phi) is 5.62. The molecule has 0 saturated heterocycles. The van der Waals surface area contributed by atoms with Crippen LogP contribution in [0.3, 0.4) is 0 Å². The Bertz CT molecular complexity index is 596. The van der Waals surface area contributed by atoms with Crippen molar-refractivity contribution in [3.8, 4) is 12.1 Å². The quantitative estimate of drug-likeness (QED) is 0.819. The summed E-state index contributed by atoms with van der Waals surface area (Å²) in [6, 6.07) is 4.03. The Morgan fingerprint density at radius 1 is 1.36 bits per heavy atom. The number of hydrogen-bond acceptors (Lipinski definition) is 5. The van der Waals surface area contributed by atoms with Gasteiger partial charge < -0.3 is 10.6 Å². The lowest BCUT2D eigenvalue weighted by Crippen LogP contribution is -2.45. The first kappa shape index (κ1) is 18.1. The molecular formula is C15H20N4O2S. The van der Waals surface area contributed by atoms with Crippen LogP contribution in [0.2, 0.25) is 0 Å². The number of rotatable bonds is 4. The Morgan fingerprint density at radius 2 is 1.95 bits per heavy atom. The molecule has 0 aromatic carbocycles. The zero-order chi connectivity index (χ0) is 17.1. The molecule has 0 saturated carbocycles. The monoisotopic (exact) mass is 320 g/mol. The molecule has 2 amide bonds. The summed E-state index contributed by atoms with van der Waals surface area (Å²) in [6.45, 7) is 8.81. The Labute approximate surface area is 134 Å². The van der Waals surface area contributed by atoms with E-state index in [1.807, 2.05) is 19.9 Å². The SMILES string of the molecule is CC(C)NC(=O)[C@H](C)SC1=C(C#N)C(C)(C)[C@H](C#N)C(=O)N1. The van der Waals surface area contributed by atoms with E-state index in [-0.39, 0.29) is 11.9 Å². The van der Waals surface area contributed by atoms with Gasteiger partial charge in [0.25, 0.3) is 0 Å². The van der Waals surface area contributed by atoms with E-state index in [4.69, 9.17) is 5.26 Å². The molecule has 7 heteroatoms. The second-order valence-corrected chi connectivity index (χ2v) is 7.36. The highest BCUT2D eigenvalue weighted by Gasteiger charge is 2.45. The first-order valence-corrected chi connectivity index (χ1v) is 7.85. The molecule has 0 bridgehead atoms. The third kappa shape index (κ3) is 3.61. The van der Waals surface area contributed by atoms with Crippen LogP contribution in [0.15, 0.2) is 10.6 Å². The lowest BCUT2D eigenvalue weighted by atomic mass is 9.72. The van der Waals surface area contributed by atoms with Gasteiger partial charge in [0.2, 0.25) is 11.8 Å². The van der Waals surface area contributed by atoms with E-state index in [0.29, 0.717) is 10.6 Å². The van der Waals surface area contributed by atoms with Gasteiger partial charge in [-0.25, -0.2) is 0 Å². The fourth-order valence-corrected chi connectivity index (χ4v) is 3.26. The molecule has 0 spiro atoms. The van der Waals surface area contributed by atoms with Gasteiger partial charge >= 0.3 is 0 Å². The Hall–Kier alpha value is -1.99. The third-order valence-corrected chi connectivity index (χ3v) is 4.54. The molecular weight excluding hydrogens is 300 g/mol. The number of thioether (sulfide) groups is 1. The van der Waals surface area contributed by atoms with Gasteiger partial charge in [-0.15, -0.1) is 0 Å². The number of carbonyl (C=O) groups is 2. The summed E-state index contributed by atoms with van der Waals surface area (Å²) in [6.07, 6.45) is 0. The number of nitrogens with one attached hydrogen (secondary N) is 2. The molecule has 6 nitrogen and oxygen atoms in total. The van der Waals surface area contributed by atoms with Gasteiger partial charge in [0, 0.05) is 11.5 Å². The van der Waals surface area contributed by atoms with Gasteiger partial charge in [-0.1, -0.05) is 25.6 Å². The number of carbonyl (C=O) groups excluding carboxylic acids is 2. The van der Waals surface area contributed by atoms with Crippen molar-refractivity contribution >= 4 is 23.6 Å². The van der Waals surface area contributed by atoms with Crippen LogP contribution in [-0.4, -0.2) is 23.1 Å². The van der Waals surface area contributed by atoms with Crippen molar-refractivity contribution in [2.45, 2.75) is 45.9 Å². The first-order chi connectivity index (χ1) is 10.1. The van der Waals surface area contributed by atoms with Crippen molar-refractivity contribution in [2.75, 3.05) is 0 Å². The van der Waals surface area contributed by atoms with Crippen LogP contribution >= 0.6 is 11.8 Å². The lowest BCUT2D eigenvalue weighted by molar-refractivity contribution is -0.125. The molecule has 0 radical (unpaired) electrons. The lowest BCUT2D eigenvalue weighted by Gasteiger charge is -2.35. The van der Waals surface area contributed by atoms with Crippen molar-refractivity contribution < 1.29 is 9.59 Å². The van der Waals surface area contributed by atoms with Crippen molar-refractivity contribution in [3.63, 3.8) is 0 Å². The van der Waals surface area contributed by atoms with E-state index in [0.717, 1.165) is 11.8 Å². The minimum absolute atomic E-state index is 0.0142. The Morgan fingerprint density at radius 3 is 2.41 bits per heavy atom. The average Bonchev–Trinajstić information content (AvgIpc) is 2.37.